The molecule has 1 aromatic rings. The van der Waals surface area contributed by atoms with Gasteiger partial charge >= 0.3 is 0 Å². The van der Waals surface area contributed by atoms with E-state index in [0.29, 0.717) is 16.3 Å². The zero-order valence-corrected chi connectivity index (χ0v) is 9.86. The third-order valence-electron chi connectivity index (χ3n) is 2.15. The number of hydrazine groups is 1. The van der Waals surface area contributed by atoms with Crippen LogP contribution in [0.1, 0.15) is 11.6 Å². The van der Waals surface area contributed by atoms with Crippen LogP contribution in [-0.2, 0) is 4.79 Å². The first-order chi connectivity index (χ1) is 7.47. The van der Waals surface area contributed by atoms with Gasteiger partial charge in [-0.25, -0.2) is 5.84 Å². The Morgan fingerprint density at radius 1 is 1.56 bits per heavy atom. The molecule has 0 saturated carbocycles. The molecule has 6 heteroatoms. The number of halogens is 1. The van der Waals surface area contributed by atoms with Crippen molar-refractivity contribution < 1.29 is 9.53 Å². The lowest BCUT2D eigenvalue weighted by molar-refractivity contribution is -0.131. The van der Waals surface area contributed by atoms with Crippen molar-refractivity contribution in [3.63, 3.8) is 0 Å². The summed E-state index contributed by atoms with van der Waals surface area (Å²) in [5, 5.41) is 1.35. The first kappa shape index (κ1) is 12.8. The number of amides is 1. The molecule has 0 aliphatic carbocycles. The normalized spacial score (nSPS) is 12.1. The van der Waals surface area contributed by atoms with E-state index in [1.165, 1.54) is 14.2 Å². The maximum Gasteiger partial charge on any atom is 0.257 e. The second-order valence-electron chi connectivity index (χ2n) is 3.32. The van der Waals surface area contributed by atoms with Crippen LogP contribution >= 0.6 is 11.6 Å². The van der Waals surface area contributed by atoms with Crippen LogP contribution in [0.5, 0.6) is 5.75 Å². The molecule has 0 fully saturated rings. The number of nitrogens with two attached hydrogens (primary N) is 2. The Balaban J connectivity index is 2.97. The third-order valence-corrected chi connectivity index (χ3v) is 2.44. The Morgan fingerprint density at radius 3 is 2.62 bits per heavy atom. The highest BCUT2D eigenvalue weighted by atomic mass is 35.5. The van der Waals surface area contributed by atoms with Gasteiger partial charge in [0.15, 0.2) is 0 Å². The summed E-state index contributed by atoms with van der Waals surface area (Å²) in [4.78, 5) is 11.5. The second kappa shape index (κ2) is 5.16. The molecule has 0 aromatic heterocycles. The van der Waals surface area contributed by atoms with E-state index in [9.17, 15) is 4.79 Å². The van der Waals surface area contributed by atoms with Gasteiger partial charge in [-0.3, -0.25) is 9.80 Å². The maximum absolute atomic E-state index is 11.5. The number of rotatable bonds is 3. The molecule has 5 nitrogen and oxygen atoms in total. The van der Waals surface area contributed by atoms with Crippen LogP contribution in [-0.4, -0.2) is 25.1 Å². The van der Waals surface area contributed by atoms with Crippen molar-refractivity contribution in [1.82, 2.24) is 5.01 Å². The van der Waals surface area contributed by atoms with Gasteiger partial charge in [0.1, 0.15) is 11.8 Å². The number of likely N-dealkylation sites (N-methyl/N-ethyl adjacent to an activating group) is 1. The molecule has 0 aliphatic heterocycles. The Bertz CT molecular complexity index is 396. The molecule has 1 amide bonds. The summed E-state index contributed by atoms with van der Waals surface area (Å²) in [7, 11) is 2.95. The number of benzene rings is 1. The topological polar surface area (TPSA) is 81.6 Å². The van der Waals surface area contributed by atoms with Gasteiger partial charge in [-0.2, -0.15) is 0 Å². The fraction of sp³-hybridized carbons (Fsp3) is 0.300. The number of nitrogens with zero attached hydrogens (tertiary/aromatic N) is 1. The van der Waals surface area contributed by atoms with E-state index < -0.39 is 6.04 Å². The van der Waals surface area contributed by atoms with Gasteiger partial charge < -0.3 is 10.5 Å². The highest BCUT2D eigenvalue weighted by Crippen LogP contribution is 2.27. The molecule has 0 heterocycles. The van der Waals surface area contributed by atoms with Crippen molar-refractivity contribution in [1.29, 1.82) is 0 Å². The van der Waals surface area contributed by atoms with Crippen LogP contribution in [0.3, 0.4) is 0 Å². The van der Waals surface area contributed by atoms with Gasteiger partial charge in [-0.05, 0) is 17.7 Å². The molecule has 0 bridgehead atoms. The number of carbonyl (C=O) groups is 1. The lowest BCUT2D eigenvalue weighted by atomic mass is 10.1. The molecule has 0 radical (unpaired) electrons. The van der Waals surface area contributed by atoms with Crippen molar-refractivity contribution in [2.24, 2.45) is 11.6 Å². The Kier molecular flexibility index (Phi) is 4.12. The van der Waals surface area contributed by atoms with Crippen LogP contribution in [0.2, 0.25) is 5.02 Å². The molecule has 1 unspecified atom stereocenters. The van der Waals surface area contributed by atoms with E-state index in [1.54, 1.807) is 18.2 Å². The van der Waals surface area contributed by atoms with Crippen molar-refractivity contribution in [3.05, 3.63) is 28.8 Å². The first-order valence-corrected chi connectivity index (χ1v) is 4.96. The number of ether oxygens (including phenoxy) is 1. The molecule has 0 saturated heterocycles. The largest absolute Gasteiger partial charge is 0.495 e. The Labute approximate surface area is 98.9 Å². The van der Waals surface area contributed by atoms with Crippen LogP contribution in [0, 0.1) is 0 Å². The van der Waals surface area contributed by atoms with E-state index in [4.69, 9.17) is 27.9 Å². The maximum atomic E-state index is 11.5. The fourth-order valence-corrected chi connectivity index (χ4v) is 1.50. The van der Waals surface area contributed by atoms with Crippen LogP contribution in [0.4, 0.5) is 0 Å². The number of carbonyl (C=O) groups excluding carboxylic acids is 1. The molecule has 1 atom stereocenters. The summed E-state index contributed by atoms with van der Waals surface area (Å²) in [6, 6.07) is 4.10. The highest BCUT2D eigenvalue weighted by molar-refractivity contribution is 6.32. The zero-order valence-electron chi connectivity index (χ0n) is 9.11. The van der Waals surface area contributed by atoms with Crippen molar-refractivity contribution >= 4 is 17.5 Å². The van der Waals surface area contributed by atoms with E-state index in [1.807, 2.05) is 0 Å². The standard InChI is InChI=1S/C10H14ClN3O2/c1-14(13)10(15)9(12)6-3-4-8(16-2)7(11)5-6/h3-5,9H,12-13H2,1-2H3. The van der Waals surface area contributed by atoms with Gasteiger partial charge in [0.05, 0.1) is 12.1 Å². The summed E-state index contributed by atoms with van der Waals surface area (Å²) in [5.74, 6) is 5.46. The molecule has 0 spiro atoms. The minimum absolute atomic E-state index is 0.388. The van der Waals surface area contributed by atoms with E-state index in [-0.39, 0.29) is 5.91 Å². The minimum Gasteiger partial charge on any atom is -0.495 e. The van der Waals surface area contributed by atoms with E-state index in [0.717, 1.165) is 5.01 Å². The average molecular weight is 244 g/mol. The van der Waals surface area contributed by atoms with Crippen molar-refractivity contribution in [2.45, 2.75) is 6.04 Å². The molecule has 16 heavy (non-hydrogen) atoms. The van der Waals surface area contributed by atoms with Gasteiger partial charge in [0.25, 0.3) is 5.91 Å². The van der Waals surface area contributed by atoms with Gasteiger partial charge in [-0.1, -0.05) is 17.7 Å². The zero-order chi connectivity index (χ0) is 12.3. The molecular formula is C10H14ClN3O2. The average Bonchev–Trinajstić information content (AvgIpc) is 2.26. The molecular weight excluding hydrogens is 230 g/mol. The first-order valence-electron chi connectivity index (χ1n) is 4.58. The second-order valence-corrected chi connectivity index (χ2v) is 3.73. The smallest absolute Gasteiger partial charge is 0.257 e. The predicted molar refractivity (Wildman–Crippen MR) is 61.9 cm³/mol. The van der Waals surface area contributed by atoms with Crippen molar-refractivity contribution in [3.8, 4) is 5.75 Å². The summed E-state index contributed by atoms with van der Waals surface area (Å²) >= 11 is 5.92. The lowest BCUT2D eigenvalue weighted by Crippen LogP contribution is -2.40. The number of hydrogen-bond donors (Lipinski definition) is 2. The predicted octanol–water partition coefficient (Wildman–Crippen LogP) is 0.681. The summed E-state index contributed by atoms with van der Waals surface area (Å²) in [5.41, 5.74) is 6.32. The van der Waals surface area contributed by atoms with Crippen molar-refractivity contribution in [2.75, 3.05) is 14.2 Å². The molecule has 88 valence electrons. The Morgan fingerprint density at radius 2 is 2.19 bits per heavy atom. The molecule has 1 aromatic carbocycles. The quantitative estimate of drug-likeness (QED) is 0.465. The Hall–Kier alpha value is -1.30. The monoisotopic (exact) mass is 243 g/mol. The summed E-state index contributed by atoms with van der Waals surface area (Å²) in [6.45, 7) is 0. The van der Waals surface area contributed by atoms with Gasteiger partial charge in [0, 0.05) is 7.05 Å². The molecule has 0 aliphatic rings. The lowest BCUT2D eigenvalue weighted by Gasteiger charge is -2.17. The van der Waals surface area contributed by atoms with Gasteiger partial charge in [-0.15, -0.1) is 0 Å². The van der Waals surface area contributed by atoms with Gasteiger partial charge in [0.2, 0.25) is 0 Å². The summed E-state index contributed by atoms with van der Waals surface area (Å²) < 4.78 is 4.99. The molecule has 1 rings (SSSR count). The van der Waals surface area contributed by atoms with E-state index in [2.05, 4.69) is 0 Å². The number of methoxy groups -OCH3 is 1. The third kappa shape index (κ3) is 2.63. The SMILES string of the molecule is COc1ccc(C(N)C(=O)N(C)N)cc1Cl. The van der Waals surface area contributed by atoms with E-state index >= 15 is 0 Å². The van der Waals surface area contributed by atoms with Crippen LogP contribution < -0.4 is 16.3 Å². The summed E-state index contributed by atoms with van der Waals surface area (Å²) in [6.07, 6.45) is 0. The van der Waals surface area contributed by atoms with Crippen LogP contribution in [0.15, 0.2) is 18.2 Å². The fourth-order valence-electron chi connectivity index (χ4n) is 1.24. The number of hydrogen-bond acceptors (Lipinski definition) is 4. The highest BCUT2D eigenvalue weighted by Gasteiger charge is 2.18. The molecule has 4 N–H and O–H groups in total. The van der Waals surface area contributed by atoms with Crippen LogP contribution in [0.25, 0.3) is 0 Å². The minimum atomic E-state index is -0.821.